The SMILES string of the molecule is CCOC1(C(N)c2sccc2Br)CCCC(C)C1. The van der Waals surface area contributed by atoms with E-state index in [1.807, 2.05) is 0 Å². The lowest BCUT2D eigenvalue weighted by molar-refractivity contribution is -0.0933. The standard InChI is InChI=1S/C14H22BrNOS/c1-3-17-14(7-4-5-10(2)9-14)13(16)12-11(15)6-8-18-12/h6,8,10,13H,3-5,7,9,16H2,1-2H3. The van der Waals surface area contributed by atoms with E-state index in [0.29, 0.717) is 5.92 Å². The van der Waals surface area contributed by atoms with Crippen molar-refractivity contribution < 1.29 is 4.74 Å². The smallest absolute Gasteiger partial charge is 0.0884 e. The first-order valence-electron chi connectivity index (χ1n) is 6.71. The van der Waals surface area contributed by atoms with Gasteiger partial charge in [0.25, 0.3) is 0 Å². The third kappa shape index (κ3) is 2.82. The first-order valence-corrected chi connectivity index (χ1v) is 8.39. The summed E-state index contributed by atoms with van der Waals surface area (Å²) in [4.78, 5) is 1.22. The Hall–Kier alpha value is 0.100. The molecular formula is C14H22BrNOS. The average Bonchev–Trinajstić information content (AvgIpc) is 2.75. The van der Waals surface area contributed by atoms with E-state index in [4.69, 9.17) is 10.5 Å². The average molecular weight is 332 g/mol. The van der Waals surface area contributed by atoms with Gasteiger partial charge in [0.2, 0.25) is 0 Å². The second-order valence-corrected chi connectivity index (χ2v) is 7.11. The topological polar surface area (TPSA) is 35.2 Å². The highest BCUT2D eigenvalue weighted by Gasteiger charge is 2.42. The Morgan fingerprint density at radius 3 is 3.00 bits per heavy atom. The molecule has 0 bridgehead atoms. The van der Waals surface area contributed by atoms with Gasteiger partial charge in [-0.15, -0.1) is 11.3 Å². The lowest BCUT2D eigenvalue weighted by Crippen LogP contribution is -2.47. The molecule has 1 aliphatic carbocycles. The van der Waals surface area contributed by atoms with Crippen LogP contribution in [0.3, 0.4) is 0 Å². The van der Waals surface area contributed by atoms with Crippen LogP contribution in [-0.4, -0.2) is 12.2 Å². The first kappa shape index (κ1) is 14.5. The summed E-state index contributed by atoms with van der Waals surface area (Å²) in [6, 6.07) is 2.06. The van der Waals surface area contributed by atoms with Crippen molar-refractivity contribution in [2.24, 2.45) is 11.7 Å². The molecule has 18 heavy (non-hydrogen) atoms. The summed E-state index contributed by atoms with van der Waals surface area (Å²) in [5.74, 6) is 0.704. The van der Waals surface area contributed by atoms with E-state index >= 15 is 0 Å². The molecule has 1 aromatic heterocycles. The Bertz CT molecular complexity index is 391. The Kier molecular flexibility index (Phi) is 4.86. The van der Waals surface area contributed by atoms with E-state index in [0.717, 1.165) is 23.9 Å². The van der Waals surface area contributed by atoms with Gasteiger partial charge in [-0.3, -0.25) is 0 Å². The van der Waals surface area contributed by atoms with E-state index in [1.54, 1.807) is 11.3 Å². The van der Waals surface area contributed by atoms with Crippen LogP contribution in [-0.2, 0) is 4.74 Å². The van der Waals surface area contributed by atoms with Crippen molar-refractivity contribution in [2.75, 3.05) is 6.61 Å². The predicted octanol–water partition coefficient (Wildman–Crippen LogP) is 4.50. The van der Waals surface area contributed by atoms with E-state index in [1.165, 1.54) is 17.7 Å². The van der Waals surface area contributed by atoms with Crippen molar-refractivity contribution in [3.8, 4) is 0 Å². The molecule has 1 heterocycles. The van der Waals surface area contributed by atoms with Gasteiger partial charge in [0.05, 0.1) is 11.6 Å². The van der Waals surface area contributed by atoms with Crippen LogP contribution in [0.15, 0.2) is 15.9 Å². The van der Waals surface area contributed by atoms with Gasteiger partial charge in [-0.1, -0.05) is 19.8 Å². The lowest BCUT2D eigenvalue weighted by atomic mass is 9.74. The van der Waals surface area contributed by atoms with Gasteiger partial charge in [0.15, 0.2) is 0 Å². The molecule has 0 spiro atoms. The summed E-state index contributed by atoms with van der Waals surface area (Å²) in [5, 5.41) is 2.09. The van der Waals surface area contributed by atoms with E-state index in [-0.39, 0.29) is 11.6 Å². The maximum Gasteiger partial charge on any atom is 0.0884 e. The van der Waals surface area contributed by atoms with Crippen molar-refractivity contribution in [2.45, 2.75) is 51.2 Å². The van der Waals surface area contributed by atoms with Crippen LogP contribution < -0.4 is 5.73 Å². The third-order valence-electron chi connectivity index (χ3n) is 3.92. The molecule has 0 radical (unpaired) electrons. The molecule has 2 rings (SSSR count). The molecule has 0 amide bonds. The normalized spacial score (nSPS) is 30.3. The minimum atomic E-state index is -0.167. The summed E-state index contributed by atoms with van der Waals surface area (Å²) < 4.78 is 7.26. The number of halogens is 1. The molecule has 102 valence electrons. The Labute approximate surface area is 122 Å². The number of thiophene rings is 1. The van der Waals surface area contributed by atoms with Crippen molar-refractivity contribution in [3.63, 3.8) is 0 Å². The highest BCUT2D eigenvalue weighted by atomic mass is 79.9. The molecule has 0 aromatic carbocycles. The van der Waals surface area contributed by atoms with E-state index < -0.39 is 0 Å². The van der Waals surface area contributed by atoms with Gasteiger partial charge in [-0.05, 0) is 53.1 Å². The van der Waals surface area contributed by atoms with Crippen molar-refractivity contribution >= 4 is 27.3 Å². The number of hydrogen-bond acceptors (Lipinski definition) is 3. The summed E-state index contributed by atoms with van der Waals surface area (Å²) >= 11 is 5.32. The molecule has 2 nitrogen and oxygen atoms in total. The van der Waals surface area contributed by atoms with Crippen LogP contribution in [0, 0.1) is 5.92 Å². The van der Waals surface area contributed by atoms with Gasteiger partial charge in [0.1, 0.15) is 0 Å². The van der Waals surface area contributed by atoms with E-state index in [2.05, 4.69) is 41.2 Å². The zero-order valence-corrected chi connectivity index (χ0v) is 13.5. The molecule has 0 saturated heterocycles. The quantitative estimate of drug-likeness (QED) is 0.881. The molecule has 0 aliphatic heterocycles. The highest BCUT2D eigenvalue weighted by molar-refractivity contribution is 9.10. The van der Waals surface area contributed by atoms with Crippen LogP contribution >= 0.6 is 27.3 Å². The summed E-state index contributed by atoms with van der Waals surface area (Å²) in [7, 11) is 0. The fourth-order valence-corrected chi connectivity index (χ4v) is 4.83. The summed E-state index contributed by atoms with van der Waals surface area (Å²) in [6.45, 7) is 5.11. The van der Waals surface area contributed by atoms with Gasteiger partial charge < -0.3 is 10.5 Å². The van der Waals surface area contributed by atoms with Gasteiger partial charge in [0, 0.05) is 16.0 Å². The highest BCUT2D eigenvalue weighted by Crippen LogP contribution is 2.45. The van der Waals surface area contributed by atoms with Crippen molar-refractivity contribution in [3.05, 3.63) is 20.8 Å². The van der Waals surface area contributed by atoms with Crippen LogP contribution in [0.25, 0.3) is 0 Å². The lowest BCUT2D eigenvalue weighted by Gasteiger charge is -2.43. The maximum atomic E-state index is 6.55. The predicted molar refractivity (Wildman–Crippen MR) is 80.9 cm³/mol. The maximum absolute atomic E-state index is 6.55. The van der Waals surface area contributed by atoms with Gasteiger partial charge >= 0.3 is 0 Å². The molecule has 1 aromatic rings. The Balaban J connectivity index is 2.26. The minimum absolute atomic E-state index is 0.0189. The number of hydrogen-bond donors (Lipinski definition) is 1. The molecule has 3 atom stereocenters. The summed E-state index contributed by atoms with van der Waals surface area (Å²) in [6.07, 6.45) is 4.67. The first-order chi connectivity index (χ1) is 8.59. The van der Waals surface area contributed by atoms with Crippen LogP contribution in [0.2, 0.25) is 0 Å². The zero-order valence-electron chi connectivity index (χ0n) is 11.1. The molecule has 1 saturated carbocycles. The number of ether oxygens (including phenoxy) is 1. The molecule has 2 N–H and O–H groups in total. The van der Waals surface area contributed by atoms with Gasteiger partial charge in [-0.25, -0.2) is 0 Å². The largest absolute Gasteiger partial charge is 0.373 e. The van der Waals surface area contributed by atoms with Crippen molar-refractivity contribution in [1.82, 2.24) is 0 Å². The van der Waals surface area contributed by atoms with Crippen LogP contribution in [0.1, 0.15) is 50.4 Å². The molecule has 1 fully saturated rings. The van der Waals surface area contributed by atoms with E-state index in [9.17, 15) is 0 Å². The molecular weight excluding hydrogens is 310 g/mol. The molecule has 3 unspecified atom stereocenters. The molecule has 1 aliphatic rings. The van der Waals surface area contributed by atoms with Crippen LogP contribution in [0.4, 0.5) is 0 Å². The zero-order chi connectivity index (χ0) is 13.2. The fraction of sp³-hybridized carbons (Fsp3) is 0.714. The minimum Gasteiger partial charge on any atom is -0.373 e. The summed E-state index contributed by atoms with van der Waals surface area (Å²) in [5.41, 5.74) is 6.39. The van der Waals surface area contributed by atoms with Crippen molar-refractivity contribution in [1.29, 1.82) is 0 Å². The van der Waals surface area contributed by atoms with Gasteiger partial charge in [-0.2, -0.15) is 0 Å². The van der Waals surface area contributed by atoms with Crippen LogP contribution in [0.5, 0.6) is 0 Å². The monoisotopic (exact) mass is 331 g/mol. The number of nitrogens with two attached hydrogens (primary N) is 1. The Morgan fingerprint density at radius 2 is 2.44 bits per heavy atom. The second-order valence-electron chi connectivity index (χ2n) is 5.31. The molecule has 4 heteroatoms. The number of rotatable bonds is 4. The second kappa shape index (κ2) is 6.04. The fourth-order valence-electron chi connectivity index (χ4n) is 3.10. The third-order valence-corrected chi connectivity index (χ3v) is 5.87. The Morgan fingerprint density at radius 1 is 1.67 bits per heavy atom.